The van der Waals surface area contributed by atoms with Crippen molar-refractivity contribution >= 4 is 41.8 Å². The first-order valence-corrected chi connectivity index (χ1v) is 9.15. The first kappa shape index (κ1) is 21.1. The van der Waals surface area contributed by atoms with E-state index >= 15 is 0 Å². The van der Waals surface area contributed by atoms with Crippen molar-refractivity contribution in [3.8, 4) is 0 Å². The lowest BCUT2D eigenvalue weighted by Crippen LogP contribution is -2.44. The number of likely N-dealkylation sites (tertiary alicyclic amines) is 1. The molecule has 0 radical (unpaired) electrons. The number of halogens is 1. The van der Waals surface area contributed by atoms with Gasteiger partial charge in [-0.15, -0.1) is 24.0 Å². The van der Waals surface area contributed by atoms with Crippen LogP contribution in [0, 0.1) is 23.7 Å². The molecule has 0 spiro atoms. The highest BCUT2D eigenvalue weighted by molar-refractivity contribution is 14.0. The van der Waals surface area contributed by atoms with Gasteiger partial charge in [-0.1, -0.05) is 12.2 Å². The van der Waals surface area contributed by atoms with E-state index in [0.29, 0.717) is 19.0 Å². The monoisotopic (exact) mass is 475 g/mol. The Morgan fingerprint density at radius 1 is 1.15 bits per heavy atom. The Morgan fingerprint density at radius 3 is 2.27 bits per heavy atom. The Hall–Kier alpha value is -1.16. The second-order valence-electron chi connectivity index (χ2n) is 7.41. The molecule has 4 atom stereocenters. The molecule has 1 saturated carbocycles. The maximum Gasteiger partial charge on any atom is 0.233 e. The summed E-state index contributed by atoms with van der Waals surface area (Å²) in [6.07, 6.45) is 6.24. The van der Waals surface area contributed by atoms with Gasteiger partial charge in [-0.05, 0) is 45.3 Å². The van der Waals surface area contributed by atoms with Gasteiger partial charge in [0.15, 0.2) is 5.96 Å². The fourth-order valence-corrected chi connectivity index (χ4v) is 4.29. The third kappa shape index (κ3) is 4.21. The average molecular weight is 475 g/mol. The van der Waals surface area contributed by atoms with Crippen molar-refractivity contribution in [2.45, 2.75) is 12.8 Å². The van der Waals surface area contributed by atoms with Gasteiger partial charge in [0.2, 0.25) is 11.8 Å². The Balaban J connectivity index is 0.00000243. The number of guanidine groups is 1. The number of nitrogens with zero attached hydrogens (tertiary/aromatic N) is 3. The third-order valence-electron chi connectivity index (χ3n) is 5.49. The van der Waals surface area contributed by atoms with E-state index in [2.05, 4.69) is 32.7 Å². The van der Waals surface area contributed by atoms with Crippen LogP contribution in [-0.2, 0) is 9.59 Å². The van der Waals surface area contributed by atoms with E-state index in [9.17, 15) is 9.59 Å². The fourth-order valence-electron chi connectivity index (χ4n) is 4.29. The van der Waals surface area contributed by atoms with Gasteiger partial charge in [-0.25, -0.2) is 0 Å². The number of imide groups is 1. The fraction of sp³-hybridized carbons (Fsp3) is 0.722. The van der Waals surface area contributed by atoms with Crippen LogP contribution in [0.3, 0.4) is 0 Å². The summed E-state index contributed by atoms with van der Waals surface area (Å²) in [5, 5.41) is 6.44. The predicted molar refractivity (Wildman–Crippen MR) is 112 cm³/mol. The summed E-state index contributed by atoms with van der Waals surface area (Å²) >= 11 is 0. The minimum atomic E-state index is -0.106. The molecule has 3 rings (SSSR count). The van der Waals surface area contributed by atoms with Gasteiger partial charge in [0, 0.05) is 26.7 Å². The van der Waals surface area contributed by atoms with Gasteiger partial charge >= 0.3 is 0 Å². The van der Waals surface area contributed by atoms with Gasteiger partial charge in [0.25, 0.3) is 0 Å². The van der Waals surface area contributed by atoms with E-state index in [-0.39, 0.29) is 59.5 Å². The summed E-state index contributed by atoms with van der Waals surface area (Å²) in [7, 11) is 5.82. The summed E-state index contributed by atoms with van der Waals surface area (Å²) in [5.41, 5.74) is 0. The highest BCUT2D eigenvalue weighted by atomic mass is 127. The number of aliphatic imine (C=N–C) groups is 1. The zero-order valence-corrected chi connectivity index (χ0v) is 18.1. The SMILES string of the molecule is CN=C(NCCCN(C)C)NCCN1C(=O)C2C3C=CC(C3)C2C1=O.I. The molecule has 2 amide bonds. The lowest BCUT2D eigenvalue weighted by Gasteiger charge is -2.19. The topological polar surface area (TPSA) is 77.0 Å². The first-order valence-electron chi connectivity index (χ1n) is 9.15. The smallest absolute Gasteiger partial charge is 0.233 e. The van der Waals surface area contributed by atoms with Crippen LogP contribution in [0.4, 0.5) is 0 Å². The van der Waals surface area contributed by atoms with Gasteiger partial charge in [0.05, 0.1) is 11.8 Å². The van der Waals surface area contributed by atoms with Crippen LogP contribution < -0.4 is 10.6 Å². The molecule has 3 aliphatic rings. The van der Waals surface area contributed by atoms with Crippen molar-refractivity contribution in [1.29, 1.82) is 0 Å². The minimum absolute atomic E-state index is 0. The average Bonchev–Trinajstić information content (AvgIpc) is 3.25. The van der Waals surface area contributed by atoms with E-state index in [1.165, 1.54) is 4.90 Å². The minimum Gasteiger partial charge on any atom is -0.356 e. The second-order valence-corrected chi connectivity index (χ2v) is 7.41. The molecule has 0 aromatic rings. The van der Waals surface area contributed by atoms with Gasteiger partial charge in [-0.2, -0.15) is 0 Å². The molecular formula is C18H30IN5O2. The van der Waals surface area contributed by atoms with E-state index in [4.69, 9.17) is 0 Å². The number of rotatable bonds is 7. The molecule has 0 aromatic heterocycles. The first-order chi connectivity index (χ1) is 12.0. The van der Waals surface area contributed by atoms with Crippen LogP contribution in [0.25, 0.3) is 0 Å². The van der Waals surface area contributed by atoms with Gasteiger partial charge < -0.3 is 15.5 Å². The molecule has 146 valence electrons. The van der Waals surface area contributed by atoms with Crippen molar-refractivity contribution in [2.75, 3.05) is 47.3 Å². The highest BCUT2D eigenvalue weighted by Crippen LogP contribution is 2.52. The maximum atomic E-state index is 12.6. The molecule has 1 aliphatic heterocycles. The van der Waals surface area contributed by atoms with Crippen LogP contribution in [0.5, 0.6) is 0 Å². The Labute approximate surface area is 172 Å². The number of hydrogen-bond donors (Lipinski definition) is 2. The molecule has 1 heterocycles. The summed E-state index contributed by atoms with van der Waals surface area (Å²) in [4.78, 5) is 33.0. The van der Waals surface area contributed by atoms with Crippen molar-refractivity contribution in [2.24, 2.45) is 28.7 Å². The van der Waals surface area contributed by atoms with Crippen molar-refractivity contribution in [1.82, 2.24) is 20.4 Å². The molecule has 26 heavy (non-hydrogen) atoms. The van der Waals surface area contributed by atoms with E-state index < -0.39 is 0 Å². The molecule has 2 bridgehead atoms. The van der Waals surface area contributed by atoms with Gasteiger partial charge in [0.1, 0.15) is 0 Å². The Kier molecular flexibility index (Phi) is 7.45. The second kappa shape index (κ2) is 9.16. The zero-order valence-electron chi connectivity index (χ0n) is 15.8. The lowest BCUT2D eigenvalue weighted by atomic mass is 9.85. The number of amides is 2. The highest BCUT2D eigenvalue weighted by Gasteiger charge is 2.58. The van der Waals surface area contributed by atoms with Crippen LogP contribution >= 0.6 is 24.0 Å². The predicted octanol–water partition coefficient (Wildman–Crippen LogP) is 0.528. The normalized spacial score (nSPS) is 29.4. The number of carbonyl (C=O) groups is 2. The van der Waals surface area contributed by atoms with Crippen LogP contribution in [0.15, 0.2) is 17.1 Å². The quantitative estimate of drug-likeness (QED) is 0.140. The van der Waals surface area contributed by atoms with Crippen LogP contribution in [-0.4, -0.2) is 74.9 Å². The molecule has 8 heteroatoms. The number of allylic oxidation sites excluding steroid dienone is 2. The standard InChI is InChI=1S/C18H29N5O2.HI/c1-19-18(20-7-4-9-22(2)3)21-8-10-23-16(24)14-12-5-6-13(11-12)15(14)17(23)25;/h5-6,12-15H,4,7-11H2,1-3H3,(H2,19,20,21);1H. The molecule has 2 aliphatic carbocycles. The number of fused-ring (bicyclic) bond motifs is 5. The van der Waals surface area contributed by atoms with E-state index in [1.54, 1.807) is 7.05 Å². The van der Waals surface area contributed by atoms with Crippen molar-refractivity contribution < 1.29 is 9.59 Å². The molecule has 7 nitrogen and oxygen atoms in total. The number of carbonyl (C=O) groups excluding carboxylic acids is 2. The summed E-state index contributed by atoms with van der Waals surface area (Å²) in [6, 6.07) is 0. The molecule has 2 N–H and O–H groups in total. The van der Waals surface area contributed by atoms with E-state index in [1.807, 2.05) is 14.1 Å². The largest absolute Gasteiger partial charge is 0.356 e. The Bertz CT molecular complexity index is 562. The zero-order chi connectivity index (χ0) is 18.0. The van der Waals surface area contributed by atoms with Crippen LogP contribution in [0.1, 0.15) is 12.8 Å². The summed E-state index contributed by atoms with van der Waals surface area (Å²) < 4.78 is 0. The molecule has 2 fully saturated rings. The Morgan fingerprint density at radius 2 is 1.73 bits per heavy atom. The molecule has 4 unspecified atom stereocenters. The van der Waals surface area contributed by atoms with Crippen molar-refractivity contribution in [3.63, 3.8) is 0 Å². The summed E-state index contributed by atoms with van der Waals surface area (Å²) in [6.45, 7) is 2.77. The lowest BCUT2D eigenvalue weighted by molar-refractivity contribution is -0.140. The van der Waals surface area contributed by atoms with Crippen molar-refractivity contribution in [3.05, 3.63) is 12.2 Å². The number of hydrogen-bond acceptors (Lipinski definition) is 4. The van der Waals surface area contributed by atoms with Crippen LogP contribution in [0.2, 0.25) is 0 Å². The third-order valence-corrected chi connectivity index (χ3v) is 5.49. The molecule has 1 saturated heterocycles. The number of nitrogens with one attached hydrogen (secondary N) is 2. The molecule has 0 aromatic carbocycles. The maximum absolute atomic E-state index is 12.6. The van der Waals surface area contributed by atoms with Gasteiger partial charge in [-0.3, -0.25) is 19.5 Å². The summed E-state index contributed by atoms with van der Waals surface area (Å²) in [5.74, 6) is 1.08. The molecular weight excluding hydrogens is 445 g/mol. The van der Waals surface area contributed by atoms with E-state index in [0.717, 1.165) is 25.9 Å².